The highest BCUT2D eigenvalue weighted by atomic mass is 28.3. The van der Waals surface area contributed by atoms with E-state index in [1.165, 1.54) is 25.7 Å². The average Bonchev–Trinajstić information content (AvgIpc) is 3.03. The van der Waals surface area contributed by atoms with E-state index in [0.717, 1.165) is 19.4 Å². The molecule has 0 heterocycles. The lowest BCUT2D eigenvalue weighted by molar-refractivity contribution is -0.0605. The second-order valence-electron chi connectivity index (χ2n) is 15.5. The lowest BCUT2D eigenvalue weighted by atomic mass is 9.68. The van der Waals surface area contributed by atoms with Crippen LogP contribution in [-0.4, -0.2) is 50.1 Å². The van der Waals surface area contributed by atoms with Gasteiger partial charge in [0.05, 0.1) is 5.60 Å². The van der Waals surface area contributed by atoms with Crippen LogP contribution in [0.2, 0.25) is 45.8 Å². The first-order valence-corrected chi connectivity index (χ1v) is 24.5. The van der Waals surface area contributed by atoms with Gasteiger partial charge in [-0.25, -0.2) is 0 Å². The average molecular weight is 581 g/mol. The van der Waals surface area contributed by atoms with Gasteiger partial charge in [0, 0.05) is 25.6 Å². The third kappa shape index (κ3) is 11.4. The Hall–Kier alpha value is -0.169. The lowest BCUT2D eigenvalue weighted by Gasteiger charge is -2.48. The van der Waals surface area contributed by atoms with Crippen LogP contribution in [0.3, 0.4) is 0 Å². The Labute approximate surface area is 242 Å². The summed E-state index contributed by atoms with van der Waals surface area (Å²) in [6, 6.07) is 0. The first-order chi connectivity index (χ1) is 17.3. The van der Waals surface area contributed by atoms with Crippen molar-refractivity contribution < 1.29 is 14.0 Å². The van der Waals surface area contributed by atoms with Crippen molar-refractivity contribution in [3.8, 4) is 11.5 Å². The molecule has 1 rings (SSSR count). The maximum atomic E-state index is 10.6. The van der Waals surface area contributed by atoms with Crippen LogP contribution >= 0.6 is 0 Å². The van der Waals surface area contributed by atoms with Crippen LogP contribution in [0.1, 0.15) is 80.1 Å². The molecule has 0 aromatic carbocycles. The quantitative estimate of drug-likeness (QED) is 0.104. The fourth-order valence-electron chi connectivity index (χ4n) is 6.11. The van der Waals surface area contributed by atoms with Gasteiger partial charge in [-0.05, 0) is 74.0 Å². The largest absolute Gasteiger partial charge is 0.421 e. The standard InChI is InChI=1S/C32H64O3Si3/c1-30(2,3)27(18-15-14-16-22-34-36(7)8)20-21-29-28(19-17-23-38(11,12)13)26(25-33)24-32(29,31(4,5)6)35-37(9)10/h20-21,26-29,33,36-37H,14-16,18-19,22,24-25H2,1-13H3/t26-,27+,28-,29-,32-/m1/s1. The molecule has 0 unspecified atom stereocenters. The highest BCUT2D eigenvalue weighted by molar-refractivity contribution is 6.83. The van der Waals surface area contributed by atoms with Gasteiger partial charge in [0.1, 0.15) is 8.07 Å². The van der Waals surface area contributed by atoms with E-state index >= 15 is 0 Å². The smallest absolute Gasteiger partial charge is 0.171 e. The predicted molar refractivity (Wildman–Crippen MR) is 175 cm³/mol. The maximum Gasteiger partial charge on any atom is 0.171 e. The van der Waals surface area contributed by atoms with E-state index in [1.807, 2.05) is 0 Å². The Balaban J connectivity index is 3.35. The summed E-state index contributed by atoms with van der Waals surface area (Å²) in [5.41, 5.74) is 3.53. The highest BCUT2D eigenvalue weighted by Gasteiger charge is 2.58. The molecule has 0 saturated heterocycles. The summed E-state index contributed by atoms with van der Waals surface area (Å²) in [4.78, 5) is 0. The third-order valence-electron chi connectivity index (χ3n) is 8.20. The van der Waals surface area contributed by atoms with Crippen molar-refractivity contribution in [2.45, 2.75) is 131 Å². The van der Waals surface area contributed by atoms with E-state index in [4.69, 9.17) is 8.85 Å². The summed E-state index contributed by atoms with van der Waals surface area (Å²) in [6.45, 7) is 31.3. The Kier molecular flexibility index (Phi) is 14.3. The van der Waals surface area contributed by atoms with Crippen LogP contribution in [0.5, 0.6) is 0 Å². The molecule has 0 aromatic heterocycles. The minimum Gasteiger partial charge on any atom is -0.421 e. The van der Waals surface area contributed by atoms with E-state index in [0.29, 0.717) is 11.8 Å². The lowest BCUT2D eigenvalue weighted by Crippen LogP contribution is -2.51. The number of rotatable bonds is 13. The summed E-state index contributed by atoms with van der Waals surface area (Å²) >= 11 is 0. The number of aliphatic hydroxyl groups excluding tert-OH is 1. The molecule has 1 fully saturated rings. The Morgan fingerprint density at radius 1 is 1.00 bits per heavy atom. The topological polar surface area (TPSA) is 38.7 Å². The van der Waals surface area contributed by atoms with Gasteiger partial charge in [0.2, 0.25) is 0 Å². The van der Waals surface area contributed by atoms with Gasteiger partial charge in [0.15, 0.2) is 18.1 Å². The zero-order valence-corrected chi connectivity index (χ0v) is 30.8. The zero-order chi connectivity index (χ0) is 29.4. The van der Waals surface area contributed by atoms with Gasteiger partial charge >= 0.3 is 0 Å². The number of allylic oxidation sites excluding steroid dienone is 1. The van der Waals surface area contributed by atoms with Gasteiger partial charge in [-0.1, -0.05) is 86.2 Å². The minimum atomic E-state index is -1.45. The van der Waals surface area contributed by atoms with Crippen molar-refractivity contribution in [2.24, 2.45) is 34.5 Å². The first kappa shape index (κ1) is 35.9. The fourth-order valence-corrected chi connectivity index (χ4v) is 8.82. The second kappa shape index (κ2) is 15.2. The molecule has 0 radical (unpaired) electrons. The molecule has 0 aliphatic heterocycles. The number of hydrogen-bond donors (Lipinski definition) is 1. The van der Waals surface area contributed by atoms with Crippen molar-refractivity contribution in [3.63, 3.8) is 0 Å². The van der Waals surface area contributed by atoms with Crippen molar-refractivity contribution >= 4 is 26.2 Å². The van der Waals surface area contributed by atoms with Crippen LogP contribution in [0.25, 0.3) is 0 Å². The molecule has 222 valence electrons. The summed E-state index contributed by atoms with van der Waals surface area (Å²) in [6.07, 6.45) is 11.7. The molecule has 1 N–H and O–H groups in total. The Morgan fingerprint density at radius 2 is 1.63 bits per heavy atom. The van der Waals surface area contributed by atoms with Crippen LogP contribution in [0.4, 0.5) is 0 Å². The molecule has 1 aliphatic carbocycles. The van der Waals surface area contributed by atoms with Crippen molar-refractivity contribution in [1.29, 1.82) is 0 Å². The van der Waals surface area contributed by atoms with E-state index < -0.39 is 26.2 Å². The van der Waals surface area contributed by atoms with Crippen molar-refractivity contribution in [3.05, 3.63) is 12.2 Å². The number of hydrogen-bond acceptors (Lipinski definition) is 3. The van der Waals surface area contributed by atoms with Gasteiger partial charge in [-0.15, -0.1) is 11.5 Å². The summed E-state index contributed by atoms with van der Waals surface area (Å²) < 4.78 is 13.0. The molecule has 6 heteroatoms. The van der Waals surface area contributed by atoms with E-state index in [9.17, 15) is 5.11 Å². The molecule has 38 heavy (non-hydrogen) atoms. The molecule has 1 aliphatic rings. The minimum absolute atomic E-state index is 0.0232. The maximum absolute atomic E-state index is 10.6. The molecule has 3 nitrogen and oxygen atoms in total. The van der Waals surface area contributed by atoms with E-state index in [1.54, 1.807) is 0 Å². The molecule has 5 atom stereocenters. The van der Waals surface area contributed by atoms with Crippen LogP contribution < -0.4 is 0 Å². The Morgan fingerprint density at radius 3 is 2.11 bits per heavy atom. The van der Waals surface area contributed by atoms with Gasteiger partial charge in [-0.3, -0.25) is 0 Å². The van der Waals surface area contributed by atoms with Crippen LogP contribution in [0, 0.1) is 46.0 Å². The molecule has 0 aromatic rings. The normalized spacial score (nSPS) is 25.8. The monoisotopic (exact) mass is 580 g/mol. The predicted octanol–water partition coefficient (Wildman–Crippen LogP) is 8.07. The van der Waals surface area contributed by atoms with Crippen LogP contribution in [-0.2, 0) is 8.85 Å². The van der Waals surface area contributed by atoms with Crippen LogP contribution in [0.15, 0.2) is 12.2 Å². The molecule has 0 amide bonds. The molecule has 0 bridgehead atoms. The molecular weight excluding hydrogens is 517 g/mol. The molecule has 0 spiro atoms. The second-order valence-corrected chi connectivity index (χ2v) is 25.0. The van der Waals surface area contributed by atoms with E-state index in [-0.39, 0.29) is 34.9 Å². The third-order valence-corrected chi connectivity index (χ3v) is 10.9. The number of unbranched alkanes of at least 4 members (excludes halogenated alkanes) is 2. The molecule has 1 saturated carbocycles. The summed E-state index contributed by atoms with van der Waals surface area (Å²) in [7, 11) is -3.68. The molecular formula is C32H64O3Si3. The van der Waals surface area contributed by atoms with Gasteiger partial charge < -0.3 is 14.0 Å². The zero-order valence-electron chi connectivity index (χ0n) is 27.5. The van der Waals surface area contributed by atoms with E-state index in [2.05, 4.69) is 111 Å². The van der Waals surface area contributed by atoms with Crippen molar-refractivity contribution in [2.75, 3.05) is 13.2 Å². The SMILES string of the molecule is C[SiH](C)OCCCCC[C@@H](C=C[C@@H]1[C@H](CC#C[Si](C)(C)C)[C@@H](CO)C[C@]1(O[SiH](C)C)C(C)(C)C)C(C)(C)C. The van der Waals surface area contributed by atoms with Gasteiger partial charge in [0.25, 0.3) is 0 Å². The number of aliphatic hydroxyl groups is 1. The van der Waals surface area contributed by atoms with Gasteiger partial charge in [-0.2, -0.15) is 0 Å². The first-order valence-electron chi connectivity index (χ1n) is 15.4. The summed E-state index contributed by atoms with van der Waals surface area (Å²) in [5.74, 6) is 4.92. The Bertz CT molecular complexity index is 777. The highest BCUT2D eigenvalue weighted by Crippen LogP contribution is 2.57. The summed E-state index contributed by atoms with van der Waals surface area (Å²) in [5, 5.41) is 10.6. The fraction of sp³-hybridized carbons (Fsp3) is 0.875. The van der Waals surface area contributed by atoms with Crippen molar-refractivity contribution in [1.82, 2.24) is 0 Å².